The van der Waals surface area contributed by atoms with E-state index < -0.39 is 0 Å². The number of hydrogen-bond acceptors (Lipinski definition) is 7. The number of halogens is 1. The summed E-state index contributed by atoms with van der Waals surface area (Å²) >= 11 is 6.52. The molecule has 0 spiro atoms. The fraction of sp³-hybridized carbons (Fsp3) is 0.522. The molecule has 1 N–H and O–H groups in total. The first-order valence-electron chi connectivity index (χ1n) is 11.6. The van der Waals surface area contributed by atoms with Crippen molar-refractivity contribution in [1.82, 2.24) is 24.6 Å². The molecule has 5 heterocycles. The van der Waals surface area contributed by atoms with Crippen LogP contribution >= 0.6 is 11.6 Å². The highest BCUT2D eigenvalue weighted by Crippen LogP contribution is 2.29. The molecule has 2 atom stereocenters. The molecule has 3 aliphatic rings. The van der Waals surface area contributed by atoms with Crippen LogP contribution in [0.25, 0.3) is 0 Å². The minimum Gasteiger partial charge on any atom is -0.362 e. The third kappa shape index (κ3) is 4.58. The lowest BCUT2D eigenvalue weighted by molar-refractivity contribution is -0.0424. The average Bonchev–Trinajstić information content (AvgIpc) is 3.23. The Morgan fingerprint density at radius 3 is 3.09 bits per heavy atom. The zero-order chi connectivity index (χ0) is 22.8. The number of aromatic nitrogens is 4. The van der Waals surface area contributed by atoms with Crippen molar-refractivity contribution in [3.8, 4) is 0 Å². The van der Waals surface area contributed by atoms with Gasteiger partial charge in [-0.3, -0.25) is 4.79 Å². The monoisotopic (exact) mass is 472 g/mol. The van der Waals surface area contributed by atoms with Gasteiger partial charge in [-0.25, -0.2) is 4.98 Å². The zero-order valence-corrected chi connectivity index (χ0v) is 19.5. The van der Waals surface area contributed by atoms with Crippen molar-refractivity contribution in [1.29, 1.82) is 0 Å². The van der Waals surface area contributed by atoms with Crippen molar-refractivity contribution in [2.24, 2.45) is 0 Å². The maximum absolute atomic E-state index is 12.9. The molecule has 2 aromatic heterocycles. The summed E-state index contributed by atoms with van der Waals surface area (Å²) in [4.78, 5) is 19.6. The molecule has 3 aliphatic heterocycles. The standard InChI is InChI=1S/C23H29ClN6O3/c1-2-32-20-7-5-6-16(27-20)13-29-15-25-17-14-28(10-9-18(17)29)19-12-26-30(23(31)22(19)24)21-8-3-4-11-33-21/h5-7,12,15,20-21,27H,2-4,8-11,13-14H2,1H3. The van der Waals surface area contributed by atoms with Crippen LogP contribution in [-0.2, 0) is 29.0 Å². The molecule has 0 radical (unpaired) electrons. The SMILES string of the molecule is CCOC1C=CC=C(Cn2cnc3c2CCN(c2cnn(C4CCCCO4)c(=O)c2Cl)C3)N1. The maximum Gasteiger partial charge on any atom is 0.290 e. The van der Waals surface area contributed by atoms with Crippen LogP contribution in [-0.4, -0.2) is 45.3 Å². The van der Waals surface area contributed by atoms with Gasteiger partial charge in [-0.15, -0.1) is 0 Å². The van der Waals surface area contributed by atoms with Crippen LogP contribution in [0.15, 0.2) is 41.2 Å². The van der Waals surface area contributed by atoms with Crippen LogP contribution < -0.4 is 15.8 Å². The van der Waals surface area contributed by atoms with Crippen molar-refractivity contribution < 1.29 is 9.47 Å². The molecule has 0 saturated carbocycles. The van der Waals surface area contributed by atoms with E-state index in [4.69, 9.17) is 21.1 Å². The lowest BCUT2D eigenvalue weighted by atomic mass is 10.1. The Hall–Kier alpha value is -2.62. The minimum atomic E-state index is -0.332. The molecule has 0 aromatic carbocycles. The molecule has 176 valence electrons. The molecule has 5 rings (SSSR count). The van der Waals surface area contributed by atoms with Gasteiger partial charge in [0.2, 0.25) is 0 Å². The lowest BCUT2D eigenvalue weighted by Crippen LogP contribution is -2.36. The highest BCUT2D eigenvalue weighted by Gasteiger charge is 2.26. The fourth-order valence-electron chi connectivity index (χ4n) is 4.60. The first-order valence-corrected chi connectivity index (χ1v) is 11.9. The van der Waals surface area contributed by atoms with E-state index >= 15 is 0 Å². The van der Waals surface area contributed by atoms with Crippen LogP contribution in [0.2, 0.25) is 5.02 Å². The van der Waals surface area contributed by atoms with E-state index in [1.54, 1.807) is 6.20 Å². The van der Waals surface area contributed by atoms with Crippen LogP contribution in [0.1, 0.15) is 43.8 Å². The van der Waals surface area contributed by atoms with E-state index in [-0.39, 0.29) is 23.0 Å². The normalized spacial score (nSPS) is 22.6. The Morgan fingerprint density at radius 1 is 1.36 bits per heavy atom. The summed E-state index contributed by atoms with van der Waals surface area (Å²) in [5, 5.41) is 7.98. The molecule has 9 nitrogen and oxygen atoms in total. The van der Waals surface area contributed by atoms with Crippen LogP contribution in [0, 0.1) is 0 Å². The van der Waals surface area contributed by atoms with Crippen molar-refractivity contribution in [2.45, 2.75) is 58.2 Å². The summed E-state index contributed by atoms with van der Waals surface area (Å²) in [5.74, 6) is 0. The Morgan fingerprint density at radius 2 is 2.27 bits per heavy atom. The van der Waals surface area contributed by atoms with E-state index in [2.05, 4.69) is 30.9 Å². The van der Waals surface area contributed by atoms with Gasteiger partial charge in [-0.05, 0) is 38.3 Å². The van der Waals surface area contributed by atoms with Gasteiger partial charge in [0, 0.05) is 37.6 Å². The smallest absolute Gasteiger partial charge is 0.290 e. The zero-order valence-electron chi connectivity index (χ0n) is 18.7. The topological polar surface area (TPSA) is 86.4 Å². The number of dihydropyridines is 1. The van der Waals surface area contributed by atoms with E-state index in [1.807, 2.05) is 25.4 Å². The molecule has 1 saturated heterocycles. The van der Waals surface area contributed by atoms with Crippen LogP contribution in [0.5, 0.6) is 0 Å². The Balaban J connectivity index is 1.30. The van der Waals surface area contributed by atoms with Crippen molar-refractivity contribution in [2.75, 3.05) is 24.7 Å². The molecule has 2 aromatic rings. The van der Waals surface area contributed by atoms with Gasteiger partial charge in [-0.1, -0.05) is 17.7 Å². The summed E-state index contributed by atoms with van der Waals surface area (Å²) < 4.78 is 14.9. The maximum atomic E-state index is 12.9. The van der Waals surface area contributed by atoms with Crippen LogP contribution in [0.3, 0.4) is 0 Å². The molecule has 0 bridgehead atoms. The number of hydrogen-bond donors (Lipinski definition) is 1. The largest absolute Gasteiger partial charge is 0.362 e. The number of rotatable bonds is 6. The third-order valence-corrected chi connectivity index (χ3v) is 6.64. The molecule has 0 aliphatic carbocycles. The highest BCUT2D eigenvalue weighted by molar-refractivity contribution is 6.33. The number of fused-ring (bicyclic) bond motifs is 1. The fourth-order valence-corrected chi connectivity index (χ4v) is 4.86. The summed E-state index contributed by atoms with van der Waals surface area (Å²) in [6.07, 6.45) is 12.8. The molecular weight excluding hydrogens is 444 g/mol. The van der Waals surface area contributed by atoms with E-state index in [0.29, 0.717) is 32.0 Å². The van der Waals surface area contributed by atoms with E-state index in [9.17, 15) is 4.79 Å². The molecule has 1 fully saturated rings. The lowest BCUT2D eigenvalue weighted by Gasteiger charge is -2.30. The Labute approximate surface area is 197 Å². The quantitative estimate of drug-likeness (QED) is 0.691. The van der Waals surface area contributed by atoms with E-state index in [0.717, 1.165) is 43.6 Å². The van der Waals surface area contributed by atoms with Gasteiger partial charge in [0.1, 0.15) is 11.3 Å². The number of ether oxygens (including phenoxy) is 2. The van der Waals surface area contributed by atoms with Gasteiger partial charge in [0.25, 0.3) is 5.56 Å². The summed E-state index contributed by atoms with van der Waals surface area (Å²) in [6, 6.07) is 0. The first kappa shape index (κ1) is 22.2. The number of nitrogens with zero attached hydrogens (tertiary/aromatic N) is 5. The molecule has 10 heteroatoms. The highest BCUT2D eigenvalue weighted by atomic mass is 35.5. The number of imidazole rings is 1. The van der Waals surface area contributed by atoms with Gasteiger partial charge < -0.3 is 24.3 Å². The van der Waals surface area contributed by atoms with Crippen molar-refractivity contribution in [3.05, 3.63) is 63.2 Å². The Bertz CT molecular complexity index is 1120. The first-order chi connectivity index (χ1) is 16.1. The molecule has 33 heavy (non-hydrogen) atoms. The van der Waals surface area contributed by atoms with Crippen molar-refractivity contribution in [3.63, 3.8) is 0 Å². The van der Waals surface area contributed by atoms with Gasteiger partial charge in [0.05, 0.1) is 37.0 Å². The average molecular weight is 473 g/mol. The predicted octanol–water partition coefficient (Wildman–Crippen LogP) is 2.76. The molecule has 0 amide bonds. The van der Waals surface area contributed by atoms with Gasteiger partial charge in [0.15, 0.2) is 6.23 Å². The van der Waals surface area contributed by atoms with E-state index in [1.165, 1.54) is 10.4 Å². The summed E-state index contributed by atoms with van der Waals surface area (Å²) in [6.45, 7) is 5.31. The van der Waals surface area contributed by atoms with Gasteiger partial charge in [-0.2, -0.15) is 9.78 Å². The molecule has 2 unspecified atom stereocenters. The molecular formula is C23H29ClN6O3. The van der Waals surface area contributed by atoms with Gasteiger partial charge >= 0.3 is 0 Å². The number of anilines is 1. The second kappa shape index (κ2) is 9.70. The second-order valence-electron chi connectivity index (χ2n) is 8.45. The summed E-state index contributed by atoms with van der Waals surface area (Å²) in [7, 11) is 0. The number of allylic oxidation sites excluding steroid dienone is 3. The Kier molecular flexibility index (Phi) is 6.52. The van der Waals surface area contributed by atoms with Crippen LogP contribution in [0.4, 0.5) is 5.69 Å². The minimum absolute atomic E-state index is 0.0966. The predicted molar refractivity (Wildman–Crippen MR) is 125 cm³/mol. The third-order valence-electron chi connectivity index (χ3n) is 6.28. The second-order valence-corrected chi connectivity index (χ2v) is 8.83. The number of nitrogens with one attached hydrogen (secondary N) is 1. The summed E-state index contributed by atoms with van der Waals surface area (Å²) in [5.41, 5.74) is 3.62. The van der Waals surface area contributed by atoms with Crippen molar-refractivity contribution >= 4 is 17.3 Å².